The fourth-order valence-electron chi connectivity index (χ4n) is 2.40. The van der Waals surface area contributed by atoms with Crippen molar-refractivity contribution in [2.75, 3.05) is 7.11 Å². The van der Waals surface area contributed by atoms with E-state index >= 15 is 0 Å². The summed E-state index contributed by atoms with van der Waals surface area (Å²) in [6.45, 7) is 3.29. The summed E-state index contributed by atoms with van der Waals surface area (Å²) in [5.74, 6) is -0.0156. The molecule has 0 saturated carbocycles. The van der Waals surface area contributed by atoms with Gasteiger partial charge in [-0.1, -0.05) is 23.8 Å². The molecule has 6 nitrogen and oxygen atoms in total. The lowest BCUT2D eigenvalue weighted by atomic mass is 10.1. The average molecular weight is 351 g/mol. The molecule has 2 aromatic rings. The SMILES string of the molecule is COc1cc(/C=C2/N=C(c3ccc(C)cc3)OC2=O)ccc1OC(C)=O. The topological polar surface area (TPSA) is 74.2 Å². The van der Waals surface area contributed by atoms with Crippen LogP contribution < -0.4 is 9.47 Å². The number of carbonyl (C=O) groups is 2. The maximum Gasteiger partial charge on any atom is 0.363 e. The van der Waals surface area contributed by atoms with Crippen LogP contribution in [0.5, 0.6) is 11.5 Å². The monoisotopic (exact) mass is 351 g/mol. The molecule has 6 heteroatoms. The van der Waals surface area contributed by atoms with Gasteiger partial charge in [-0.05, 0) is 42.8 Å². The van der Waals surface area contributed by atoms with Crippen LogP contribution in [0, 0.1) is 6.92 Å². The Morgan fingerprint density at radius 2 is 1.85 bits per heavy atom. The summed E-state index contributed by atoms with van der Waals surface area (Å²) in [4.78, 5) is 27.5. The molecule has 0 aliphatic carbocycles. The van der Waals surface area contributed by atoms with E-state index in [0.717, 1.165) is 11.1 Å². The van der Waals surface area contributed by atoms with E-state index in [9.17, 15) is 9.59 Å². The number of ether oxygens (including phenoxy) is 3. The zero-order valence-electron chi connectivity index (χ0n) is 14.6. The van der Waals surface area contributed by atoms with Crippen LogP contribution in [0.25, 0.3) is 6.08 Å². The highest BCUT2D eigenvalue weighted by molar-refractivity contribution is 6.12. The maximum atomic E-state index is 12.1. The number of rotatable bonds is 4. The van der Waals surface area contributed by atoms with Crippen LogP contribution in [-0.2, 0) is 14.3 Å². The van der Waals surface area contributed by atoms with Gasteiger partial charge in [0.1, 0.15) is 0 Å². The van der Waals surface area contributed by atoms with Gasteiger partial charge in [-0.3, -0.25) is 4.79 Å². The molecule has 0 bridgehead atoms. The first-order valence-electron chi connectivity index (χ1n) is 7.92. The van der Waals surface area contributed by atoms with Crippen molar-refractivity contribution in [1.29, 1.82) is 0 Å². The fraction of sp³-hybridized carbons (Fsp3) is 0.150. The van der Waals surface area contributed by atoms with Crippen LogP contribution in [0.3, 0.4) is 0 Å². The average Bonchev–Trinajstić information content (AvgIpc) is 2.97. The summed E-state index contributed by atoms with van der Waals surface area (Å²) in [6, 6.07) is 12.5. The number of methoxy groups -OCH3 is 1. The molecular formula is C20H17NO5. The second-order valence-corrected chi connectivity index (χ2v) is 5.71. The van der Waals surface area contributed by atoms with E-state index in [1.165, 1.54) is 14.0 Å². The van der Waals surface area contributed by atoms with Crippen LogP contribution in [0.1, 0.15) is 23.6 Å². The molecule has 26 heavy (non-hydrogen) atoms. The molecule has 0 saturated heterocycles. The highest BCUT2D eigenvalue weighted by Gasteiger charge is 2.24. The Morgan fingerprint density at radius 3 is 2.50 bits per heavy atom. The molecular weight excluding hydrogens is 334 g/mol. The minimum atomic E-state index is -0.524. The predicted molar refractivity (Wildman–Crippen MR) is 96.1 cm³/mol. The predicted octanol–water partition coefficient (Wildman–Crippen LogP) is 3.27. The Morgan fingerprint density at radius 1 is 1.12 bits per heavy atom. The van der Waals surface area contributed by atoms with Crippen molar-refractivity contribution in [1.82, 2.24) is 0 Å². The number of cyclic esters (lactones) is 1. The first kappa shape index (κ1) is 17.4. The summed E-state index contributed by atoms with van der Waals surface area (Å²) in [6.07, 6.45) is 1.59. The van der Waals surface area contributed by atoms with E-state index < -0.39 is 11.9 Å². The highest BCUT2D eigenvalue weighted by Crippen LogP contribution is 2.30. The lowest BCUT2D eigenvalue weighted by Crippen LogP contribution is -2.05. The molecule has 0 N–H and O–H groups in total. The summed E-state index contributed by atoms with van der Waals surface area (Å²) in [5, 5.41) is 0. The summed E-state index contributed by atoms with van der Waals surface area (Å²) in [7, 11) is 1.47. The van der Waals surface area contributed by atoms with Crippen LogP contribution in [0.15, 0.2) is 53.2 Å². The minimum absolute atomic E-state index is 0.183. The lowest BCUT2D eigenvalue weighted by molar-refractivity contribution is -0.132. The summed E-state index contributed by atoms with van der Waals surface area (Å²) < 4.78 is 15.5. The Labute approximate surface area is 150 Å². The van der Waals surface area contributed by atoms with Crippen LogP contribution in [-0.4, -0.2) is 24.9 Å². The minimum Gasteiger partial charge on any atom is -0.493 e. The standard InChI is InChI=1S/C20H17NO5/c1-12-4-7-15(8-5-12)19-21-16(20(23)26-19)10-14-6-9-17(25-13(2)22)18(11-14)24-3/h4-11H,1-3H3/b16-10+. The molecule has 132 valence electrons. The molecule has 0 aromatic heterocycles. The molecule has 0 radical (unpaired) electrons. The van der Waals surface area contributed by atoms with Crippen molar-refractivity contribution in [3.8, 4) is 11.5 Å². The number of esters is 2. The lowest BCUT2D eigenvalue weighted by Gasteiger charge is -2.08. The number of carbonyl (C=O) groups excluding carboxylic acids is 2. The number of hydrogen-bond acceptors (Lipinski definition) is 6. The Bertz CT molecular complexity index is 926. The van der Waals surface area contributed by atoms with Crippen molar-refractivity contribution in [3.63, 3.8) is 0 Å². The molecule has 3 rings (SSSR count). The molecule has 0 fully saturated rings. The van der Waals surface area contributed by atoms with Gasteiger partial charge < -0.3 is 14.2 Å². The molecule has 0 unspecified atom stereocenters. The van der Waals surface area contributed by atoms with E-state index in [1.54, 1.807) is 24.3 Å². The van der Waals surface area contributed by atoms with E-state index in [0.29, 0.717) is 17.1 Å². The second kappa shape index (κ2) is 7.23. The molecule has 1 aliphatic rings. The number of nitrogens with zero attached hydrogens (tertiary/aromatic N) is 1. The van der Waals surface area contributed by atoms with Crippen LogP contribution >= 0.6 is 0 Å². The van der Waals surface area contributed by atoms with E-state index in [1.807, 2.05) is 31.2 Å². The molecule has 1 aliphatic heterocycles. The normalized spacial score (nSPS) is 14.8. The quantitative estimate of drug-likeness (QED) is 0.480. The number of hydrogen-bond donors (Lipinski definition) is 0. The molecule has 0 amide bonds. The van der Waals surface area contributed by atoms with E-state index in [4.69, 9.17) is 14.2 Å². The first-order valence-corrected chi connectivity index (χ1v) is 7.92. The van der Waals surface area contributed by atoms with Gasteiger partial charge in [0.15, 0.2) is 17.2 Å². The first-order chi connectivity index (χ1) is 12.5. The Balaban J connectivity index is 1.90. The Kier molecular flexibility index (Phi) is 4.84. The number of aliphatic imine (C=N–C) groups is 1. The van der Waals surface area contributed by atoms with Crippen LogP contribution in [0.4, 0.5) is 0 Å². The van der Waals surface area contributed by atoms with Crippen molar-refractivity contribution < 1.29 is 23.8 Å². The van der Waals surface area contributed by atoms with Gasteiger partial charge >= 0.3 is 11.9 Å². The largest absolute Gasteiger partial charge is 0.493 e. The zero-order chi connectivity index (χ0) is 18.7. The van der Waals surface area contributed by atoms with Gasteiger partial charge in [0.25, 0.3) is 0 Å². The third-order valence-electron chi connectivity index (χ3n) is 3.66. The van der Waals surface area contributed by atoms with E-state index in [2.05, 4.69) is 4.99 Å². The van der Waals surface area contributed by atoms with Gasteiger partial charge in [0.05, 0.1) is 7.11 Å². The number of aryl methyl sites for hydroxylation is 1. The van der Waals surface area contributed by atoms with Gasteiger partial charge in [-0.2, -0.15) is 0 Å². The van der Waals surface area contributed by atoms with Crippen molar-refractivity contribution >= 4 is 23.9 Å². The zero-order valence-corrected chi connectivity index (χ0v) is 14.6. The van der Waals surface area contributed by atoms with Crippen molar-refractivity contribution in [2.24, 2.45) is 4.99 Å². The third kappa shape index (κ3) is 3.80. The highest BCUT2D eigenvalue weighted by atomic mass is 16.6. The smallest absolute Gasteiger partial charge is 0.363 e. The van der Waals surface area contributed by atoms with Crippen LogP contribution in [0.2, 0.25) is 0 Å². The molecule has 0 spiro atoms. The Hall–Kier alpha value is -3.41. The number of benzene rings is 2. The van der Waals surface area contributed by atoms with Gasteiger partial charge in [0, 0.05) is 12.5 Å². The van der Waals surface area contributed by atoms with Gasteiger partial charge in [0.2, 0.25) is 5.90 Å². The van der Waals surface area contributed by atoms with E-state index in [-0.39, 0.29) is 11.6 Å². The summed E-state index contributed by atoms with van der Waals surface area (Å²) in [5.41, 5.74) is 2.69. The molecule has 1 heterocycles. The summed E-state index contributed by atoms with van der Waals surface area (Å²) >= 11 is 0. The molecule has 2 aromatic carbocycles. The van der Waals surface area contributed by atoms with Gasteiger partial charge in [-0.25, -0.2) is 9.79 Å². The van der Waals surface area contributed by atoms with Crippen molar-refractivity contribution in [2.45, 2.75) is 13.8 Å². The maximum absolute atomic E-state index is 12.1. The van der Waals surface area contributed by atoms with Crippen molar-refractivity contribution in [3.05, 3.63) is 64.9 Å². The third-order valence-corrected chi connectivity index (χ3v) is 3.66. The van der Waals surface area contributed by atoms with Gasteiger partial charge in [-0.15, -0.1) is 0 Å². The fourth-order valence-corrected chi connectivity index (χ4v) is 2.40. The molecule has 0 atom stereocenters. The second-order valence-electron chi connectivity index (χ2n) is 5.71.